The van der Waals surface area contributed by atoms with Gasteiger partial charge in [0.15, 0.2) is 0 Å². The maximum absolute atomic E-state index is 5.38. The minimum absolute atomic E-state index is 0.713. The molecule has 3 heteroatoms. The van der Waals surface area contributed by atoms with Crippen molar-refractivity contribution >= 4 is 11.4 Å². The number of benzene rings is 1. The van der Waals surface area contributed by atoms with Crippen LogP contribution in [0.3, 0.4) is 0 Å². The summed E-state index contributed by atoms with van der Waals surface area (Å²) in [5.41, 5.74) is 12.2. The van der Waals surface area contributed by atoms with Crippen LogP contribution in [0.1, 0.15) is 13.8 Å². The van der Waals surface area contributed by atoms with Crippen LogP contribution >= 0.6 is 0 Å². The first-order valence-electron chi connectivity index (χ1n) is 4.52. The highest BCUT2D eigenvalue weighted by molar-refractivity contribution is 5.50. The fourth-order valence-corrected chi connectivity index (χ4v) is 0.809. The van der Waals surface area contributed by atoms with E-state index in [1.807, 2.05) is 6.07 Å². The quantitative estimate of drug-likeness (QED) is 0.605. The van der Waals surface area contributed by atoms with Crippen molar-refractivity contribution < 1.29 is 0 Å². The molecule has 1 rings (SSSR count). The van der Waals surface area contributed by atoms with Gasteiger partial charge < -0.3 is 16.8 Å². The number of hydrogen-bond donors (Lipinski definition) is 3. The molecule has 0 spiro atoms. The van der Waals surface area contributed by atoms with E-state index in [4.69, 9.17) is 11.5 Å². The van der Waals surface area contributed by atoms with Gasteiger partial charge in [0.1, 0.15) is 0 Å². The van der Waals surface area contributed by atoms with E-state index in [1.165, 1.54) is 0 Å². The van der Waals surface area contributed by atoms with Crippen molar-refractivity contribution in [2.75, 3.05) is 24.6 Å². The van der Waals surface area contributed by atoms with Gasteiger partial charge >= 0.3 is 0 Å². The maximum Gasteiger partial charge on any atom is 0.0334 e. The summed E-state index contributed by atoms with van der Waals surface area (Å²) in [6.07, 6.45) is 0. The van der Waals surface area contributed by atoms with Gasteiger partial charge in [-0.05, 0) is 31.3 Å². The topological polar surface area (TPSA) is 64.1 Å². The molecule has 0 fully saturated rings. The molecule has 0 saturated carbocycles. The predicted octanol–water partition coefficient (Wildman–Crippen LogP) is 1.47. The Morgan fingerprint density at radius 3 is 1.69 bits per heavy atom. The first-order valence-corrected chi connectivity index (χ1v) is 4.52. The molecule has 0 radical (unpaired) electrons. The molecule has 1 aromatic carbocycles. The van der Waals surface area contributed by atoms with E-state index < -0.39 is 0 Å². The second-order valence-corrected chi connectivity index (χ2v) is 2.63. The van der Waals surface area contributed by atoms with Crippen LogP contribution in [0.15, 0.2) is 24.3 Å². The van der Waals surface area contributed by atoms with Gasteiger partial charge in [-0.25, -0.2) is 0 Å². The largest absolute Gasteiger partial charge is 0.399 e. The zero-order chi connectivity index (χ0) is 10.1. The monoisotopic (exact) mass is 181 g/mol. The predicted molar refractivity (Wildman–Crippen MR) is 59.5 cm³/mol. The van der Waals surface area contributed by atoms with E-state index >= 15 is 0 Å². The molecule has 0 saturated heterocycles. The Balaban J connectivity index is 0.000000252. The zero-order valence-electron chi connectivity index (χ0n) is 8.38. The van der Waals surface area contributed by atoms with Crippen LogP contribution in [0.4, 0.5) is 11.4 Å². The minimum Gasteiger partial charge on any atom is -0.399 e. The van der Waals surface area contributed by atoms with E-state index in [0.717, 1.165) is 13.1 Å². The van der Waals surface area contributed by atoms with Gasteiger partial charge in [-0.1, -0.05) is 19.9 Å². The van der Waals surface area contributed by atoms with Crippen LogP contribution < -0.4 is 16.8 Å². The van der Waals surface area contributed by atoms with E-state index in [-0.39, 0.29) is 0 Å². The molecular formula is C10H19N3. The summed E-state index contributed by atoms with van der Waals surface area (Å²) < 4.78 is 0. The summed E-state index contributed by atoms with van der Waals surface area (Å²) in [4.78, 5) is 0. The van der Waals surface area contributed by atoms with Gasteiger partial charge in [0.25, 0.3) is 0 Å². The summed E-state index contributed by atoms with van der Waals surface area (Å²) in [6, 6.07) is 7.15. The Bertz CT molecular complexity index is 204. The fourth-order valence-electron chi connectivity index (χ4n) is 0.809. The average Bonchev–Trinajstić information content (AvgIpc) is 2.06. The normalized spacial score (nSPS) is 8.77. The molecule has 1 aromatic rings. The minimum atomic E-state index is 0.713. The summed E-state index contributed by atoms with van der Waals surface area (Å²) in [5.74, 6) is 0. The van der Waals surface area contributed by atoms with Gasteiger partial charge in [-0.15, -0.1) is 0 Å². The molecule has 0 bridgehead atoms. The van der Waals surface area contributed by atoms with E-state index in [2.05, 4.69) is 19.2 Å². The van der Waals surface area contributed by atoms with Gasteiger partial charge in [0.05, 0.1) is 0 Å². The average molecular weight is 181 g/mol. The number of nitrogens with one attached hydrogen (secondary N) is 1. The highest BCUT2D eigenvalue weighted by atomic mass is 14.8. The van der Waals surface area contributed by atoms with E-state index in [0.29, 0.717) is 11.4 Å². The van der Waals surface area contributed by atoms with Crippen molar-refractivity contribution in [2.24, 2.45) is 0 Å². The molecule has 74 valence electrons. The molecule has 13 heavy (non-hydrogen) atoms. The molecule has 3 nitrogen and oxygen atoms in total. The number of hydrogen-bond acceptors (Lipinski definition) is 3. The molecule has 0 aliphatic heterocycles. The molecular weight excluding hydrogens is 162 g/mol. The standard InChI is InChI=1S/C6H8N2.C4H11N/c7-5-2-1-3-6(8)4-5;1-3-5-4-2/h1-4H,7-8H2;5H,3-4H2,1-2H3. The lowest BCUT2D eigenvalue weighted by molar-refractivity contribution is 0.762. The van der Waals surface area contributed by atoms with Crippen molar-refractivity contribution in [1.29, 1.82) is 0 Å². The van der Waals surface area contributed by atoms with Crippen molar-refractivity contribution in [2.45, 2.75) is 13.8 Å². The third kappa shape index (κ3) is 7.15. The van der Waals surface area contributed by atoms with Crippen LogP contribution in [-0.2, 0) is 0 Å². The second-order valence-electron chi connectivity index (χ2n) is 2.63. The first-order chi connectivity index (χ1) is 6.20. The van der Waals surface area contributed by atoms with Gasteiger partial charge in [0.2, 0.25) is 0 Å². The summed E-state index contributed by atoms with van der Waals surface area (Å²) in [5, 5.41) is 3.11. The highest BCUT2D eigenvalue weighted by Gasteiger charge is 1.81. The van der Waals surface area contributed by atoms with Crippen molar-refractivity contribution in [3.63, 3.8) is 0 Å². The summed E-state index contributed by atoms with van der Waals surface area (Å²) >= 11 is 0. The summed E-state index contributed by atoms with van der Waals surface area (Å²) in [7, 11) is 0. The SMILES string of the molecule is CCNCC.Nc1cccc(N)c1. The van der Waals surface area contributed by atoms with Crippen LogP contribution in [-0.4, -0.2) is 13.1 Å². The van der Waals surface area contributed by atoms with E-state index in [1.54, 1.807) is 18.2 Å². The van der Waals surface area contributed by atoms with Gasteiger partial charge in [0, 0.05) is 11.4 Å². The smallest absolute Gasteiger partial charge is 0.0334 e. The number of rotatable bonds is 2. The molecule has 0 aliphatic carbocycles. The maximum atomic E-state index is 5.38. The highest BCUT2D eigenvalue weighted by Crippen LogP contribution is 2.06. The molecule has 0 unspecified atom stereocenters. The van der Waals surface area contributed by atoms with Crippen LogP contribution in [0.2, 0.25) is 0 Å². The number of nitrogen functional groups attached to an aromatic ring is 2. The Labute approximate surface area is 80.1 Å². The molecule has 0 heterocycles. The Morgan fingerprint density at radius 2 is 1.54 bits per heavy atom. The Hall–Kier alpha value is -1.22. The Morgan fingerprint density at radius 1 is 1.08 bits per heavy atom. The van der Waals surface area contributed by atoms with Crippen LogP contribution in [0, 0.1) is 0 Å². The molecule has 0 aromatic heterocycles. The van der Waals surface area contributed by atoms with Crippen molar-refractivity contribution in [3.05, 3.63) is 24.3 Å². The number of anilines is 2. The fraction of sp³-hybridized carbons (Fsp3) is 0.400. The lowest BCUT2D eigenvalue weighted by atomic mass is 10.3. The van der Waals surface area contributed by atoms with E-state index in [9.17, 15) is 0 Å². The van der Waals surface area contributed by atoms with Gasteiger partial charge in [-0.3, -0.25) is 0 Å². The third-order valence-electron chi connectivity index (χ3n) is 1.41. The Kier molecular flexibility index (Phi) is 6.73. The van der Waals surface area contributed by atoms with Gasteiger partial charge in [-0.2, -0.15) is 0 Å². The van der Waals surface area contributed by atoms with Crippen molar-refractivity contribution in [3.8, 4) is 0 Å². The molecule has 0 aliphatic rings. The van der Waals surface area contributed by atoms with Crippen LogP contribution in [0.5, 0.6) is 0 Å². The zero-order valence-corrected chi connectivity index (χ0v) is 8.38. The summed E-state index contributed by atoms with van der Waals surface area (Å²) in [6.45, 7) is 6.39. The lowest BCUT2D eigenvalue weighted by Gasteiger charge is -1.91. The second kappa shape index (κ2) is 7.43. The number of nitrogens with two attached hydrogens (primary N) is 2. The first kappa shape index (κ1) is 11.8. The lowest BCUT2D eigenvalue weighted by Crippen LogP contribution is -2.09. The molecule has 5 N–H and O–H groups in total. The third-order valence-corrected chi connectivity index (χ3v) is 1.41. The van der Waals surface area contributed by atoms with Crippen LogP contribution in [0.25, 0.3) is 0 Å². The molecule has 0 atom stereocenters. The molecule has 0 amide bonds. The van der Waals surface area contributed by atoms with Crippen molar-refractivity contribution in [1.82, 2.24) is 5.32 Å².